The number of hydrogen-bond donors (Lipinski definition) is 1. The lowest BCUT2D eigenvalue weighted by atomic mass is 9.95. The van der Waals surface area contributed by atoms with E-state index in [0.717, 1.165) is 72.2 Å². The van der Waals surface area contributed by atoms with E-state index in [1.54, 1.807) is 36.4 Å². The van der Waals surface area contributed by atoms with Crippen LogP contribution in [0, 0.1) is 6.92 Å². The predicted molar refractivity (Wildman–Crippen MR) is 177 cm³/mol. The Morgan fingerprint density at radius 2 is 1.55 bits per heavy atom. The predicted octanol–water partition coefficient (Wildman–Crippen LogP) is 8.43. The standard InChI is InChI=1S/C36H39N3O4S/c1-4-6-13-24-38(44(42,43)28-15-9-8-10-16-28)27-22-23-32-34(25-27)39(35(37-32)21-7-5-2)33-20-14-19-29(26(33)3)30-17-11-12-18-31(30)36(40)41/h8-12,14-20,22-23,25H,4-7,13,21,24H2,1-3H3,(H,40,41). The number of hydrogen-bond acceptors (Lipinski definition) is 4. The zero-order valence-electron chi connectivity index (χ0n) is 25.5. The minimum absolute atomic E-state index is 0.241. The Kier molecular flexibility index (Phi) is 9.49. The summed E-state index contributed by atoms with van der Waals surface area (Å²) in [5, 5.41) is 9.89. The molecule has 1 heterocycles. The number of anilines is 1. The van der Waals surface area contributed by atoms with Crippen molar-refractivity contribution in [2.24, 2.45) is 0 Å². The Bertz CT molecular complexity index is 1880. The Balaban J connectivity index is 1.71. The zero-order chi connectivity index (χ0) is 31.3. The van der Waals surface area contributed by atoms with Crippen molar-refractivity contribution in [3.05, 3.63) is 108 Å². The molecule has 0 amide bonds. The molecule has 0 spiro atoms. The smallest absolute Gasteiger partial charge is 0.336 e. The van der Waals surface area contributed by atoms with Crippen LogP contribution in [0.3, 0.4) is 0 Å². The van der Waals surface area contributed by atoms with E-state index in [2.05, 4.69) is 18.4 Å². The average Bonchev–Trinajstić information content (AvgIpc) is 3.39. The molecule has 0 aliphatic rings. The third-order valence-electron chi connectivity index (χ3n) is 8.04. The van der Waals surface area contributed by atoms with Gasteiger partial charge >= 0.3 is 5.97 Å². The number of carboxylic acid groups (broad SMARTS) is 1. The van der Waals surface area contributed by atoms with Gasteiger partial charge in [-0.25, -0.2) is 18.2 Å². The van der Waals surface area contributed by atoms with Gasteiger partial charge in [0.2, 0.25) is 0 Å². The normalized spacial score (nSPS) is 11.6. The van der Waals surface area contributed by atoms with Crippen molar-refractivity contribution in [1.29, 1.82) is 0 Å². The molecule has 0 saturated carbocycles. The second kappa shape index (κ2) is 13.5. The van der Waals surface area contributed by atoms with Crippen LogP contribution in [0.1, 0.15) is 67.7 Å². The number of carboxylic acids is 1. The molecular formula is C36H39N3O4S. The molecule has 5 rings (SSSR count). The third-order valence-corrected chi connectivity index (χ3v) is 9.88. The summed E-state index contributed by atoms with van der Waals surface area (Å²) in [6, 6.07) is 27.2. The van der Waals surface area contributed by atoms with Crippen molar-refractivity contribution < 1.29 is 18.3 Å². The number of carbonyl (C=O) groups is 1. The molecule has 1 N–H and O–H groups in total. The molecule has 0 bridgehead atoms. The van der Waals surface area contributed by atoms with E-state index in [4.69, 9.17) is 4.98 Å². The number of fused-ring (bicyclic) bond motifs is 1. The van der Waals surface area contributed by atoms with Gasteiger partial charge in [-0.15, -0.1) is 0 Å². The highest BCUT2D eigenvalue weighted by atomic mass is 32.2. The Morgan fingerprint density at radius 3 is 2.27 bits per heavy atom. The molecule has 0 radical (unpaired) electrons. The summed E-state index contributed by atoms with van der Waals surface area (Å²) in [5.74, 6) is -0.0937. The molecule has 0 atom stereocenters. The minimum Gasteiger partial charge on any atom is -0.478 e. The highest BCUT2D eigenvalue weighted by Crippen LogP contribution is 2.35. The lowest BCUT2D eigenvalue weighted by Crippen LogP contribution is -2.32. The largest absolute Gasteiger partial charge is 0.478 e. The van der Waals surface area contributed by atoms with Gasteiger partial charge in [0.05, 0.1) is 32.9 Å². The van der Waals surface area contributed by atoms with Gasteiger partial charge in [0.15, 0.2) is 0 Å². The second-order valence-corrected chi connectivity index (χ2v) is 12.9. The maximum Gasteiger partial charge on any atom is 0.336 e. The van der Waals surface area contributed by atoms with E-state index in [0.29, 0.717) is 17.8 Å². The molecule has 0 aliphatic carbocycles. The second-order valence-electron chi connectivity index (χ2n) is 11.0. The van der Waals surface area contributed by atoms with E-state index in [1.165, 1.54) is 4.31 Å². The number of sulfonamides is 1. The number of rotatable bonds is 13. The summed E-state index contributed by atoms with van der Waals surface area (Å²) >= 11 is 0. The summed E-state index contributed by atoms with van der Waals surface area (Å²) in [7, 11) is -3.80. The highest BCUT2D eigenvalue weighted by molar-refractivity contribution is 7.92. The molecule has 0 unspecified atom stereocenters. The first-order valence-corrected chi connectivity index (χ1v) is 16.7. The first kappa shape index (κ1) is 31.0. The van der Waals surface area contributed by atoms with Gasteiger partial charge in [0.25, 0.3) is 10.0 Å². The molecule has 4 aromatic carbocycles. The van der Waals surface area contributed by atoms with Gasteiger partial charge in [-0.05, 0) is 78.9 Å². The SMILES string of the molecule is CCCCCN(c1ccc2nc(CCCC)n(-c3cccc(-c4ccccc4C(=O)O)c3C)c2c1)S(=O)(=O)c1ccccc1. The number of imidazole rings is 1. The molecule has 0 fully saturated rings. The molecule has 0 aliphatic heterocycles. The molecule has 228 valence electrons. The van der Waals surface area contributed by atoms with E-state index >= 15 is 0 Å². The van der Waals surface area contributed by atoms with Crippen LogP contribution < -0.4 is 4.31 Å². The molecule has 44 heavy (non-hydrogen) atoms. The van der Waals surface area contributed by atoms with E-state index in [-0.39, 0.29) is 10.5 Å². The lowest BCUT2D eigenvalue weighted by molar-refractivity contribution is 0.0697. The third kappa shape index (κ3) is 6.13. The Labute approximate surface area is 259 Å². The van der Waals surface area contributed by atoms with Gasteiger partial charge in [0.1, 0.15) is 5.82 Å². The maximum atomic E-state index is 14.0. The van der Waals surface area contributed by atoms with Gasteiger partial charge < -0.3 is 5.11 Å². The van der Waals surface area contributed by atoms with Gasteiger partial charge in [-0.2, -0.15) is 0 Å². The van der Waals surface area contributed by atoms with Crippen LogP contribution in [0.15, 0.2) is 95.9 Å². The van der Waals surface area contributed by atoms with Crippen LogP contribution in [-0.2, 0) is 16.4 Å². The molecule has 0 saturated heterocycles. The average molecular weight is 610 g/mol. The first-order chi connectivity index (χ1) is 21.3. The van der Waals surface area contributed by atoms with E-state index in [1.807, 2.05) is 61.5 Å². The van der Waals surface area contributed by atoms with Crippen molar-refractivity contribution >= 4 is 32.7 Å². The fraction of sp³-hybridized carbons (Fsp3) is 0.278. The van der Waals surface area contributed by atoms with Crippen molar-refractivity contribution in [1.82, 2.24) is 9.55 Å². The Morgan fingerprint density at radius 1 is 0.841 bits per heavy atom. The van der Waals surface area contributed by atoms with Crippen molar-refractivity contribution in [2.75, 3.05) is 10.8 Å². The monoisotopic (exact) mass is 609 g/mol. The number of unbranched alkanes of at least 4 members (excludes halogenated alkanes) is 3. The molecular weight excluding hydrogens is 570 g/mol. The minimum atomic E-state index is -3.80. The maximum absolute atomic E-state index is 14.0. The van der Waals surface area contributed by atoms with Crippen molar-refractivity contribution in [3.8, 4) is 16.8 Å². The van der Waals surface area contributed by atoms with E-state index in [9.17, 15) is 18.3 Å². The number of aromatic carboxylic acids is 1. The van der Waals surface area contributed by atoms with Crippen molar-refractivity contribution in [2.45, 2.75) is 64.2 Å². The lowest BCUT2D eigenvalue weighted by Gasteiger charge is -2.25. The number of nitrogens with zero attached hydrogens (tertiary/aromatic N) is 3. The first-order valence-electron chi connectivity index (χ1n) is 15.3. The summed E-state index contributed by atoms with van der Waals surface area (Å²) in [6.07, 6.45) is 5.34. The van der Waals surface area contributed by atoms with Gasteiger partial charge in [-0.3, -0.25) is 8.87 Å². The molecule has 8 heteroatoms. The summed E-state index contributed by atoms with van der Waals surface area (Å²) < 4.78 is 31.6. The van der Waals surface area contributed by atoms with Crippen LogP contribution in [-0.4, -0.2) is 35.6 Å². The zero-order valence-corrected chi connectivity index (χ0v) is 26.3. The fourth-order valence-electron chi connectivity index (χ4n) is 5.72. The van der Waals surface area contributed by atoms with Crippen LogP contribution in [0.25, 0.3) is 27.8 Å². The van der Waals surface area contributed by atoms with Crippen LogP contribution >= 0.6 is 0 Å². The van der Waals surface area contributed by atoms with E-state index < -0.39 is 16.0 Å². The summed E-state index contributed by atoms with van der Waals surface area (Å²) in [5.41, 5.74) is 5.70. The number of aromatic nitrogens is 2. The molecule has 5 aromatic rings. The van der Waals surface area contributed by atoms with Crippen LogP contribution in [0.5, 0.6) is 0 Å². The summed E-state index contributed by atoms with van der Waals surface area (Å²) in [6.45, 7) is 6.61. The fourth-order valence-corrected chi connectivity index (χ4v) is 7.23. The van der Waals surface area contributed by atoms with Crippen molar-refractivity contribution in [3.63, 3.8) is 0 Å². The topological polar surface area (TPSA) is 92.5 Å². The number of aryl methyl sites for hydroxylation is 1. The Hall–Kier alpha value is -4.43. The molecule has 1 aromatic heterocycles. The van der Waals surface area contributed by atoms with Gasteiger partial charge in [0, 0.05) is 13.0 Å². The van der Waals surface area contributed by atoms with Crippen LogP contribution in [0.4, 0.5) is 5.69 Å². The summed E-state index contributed by atoms with van der Waals surface area (Å²) in [4.78, 5) is 17.3. The highest BCUT2D eigenvalue weighted by Gasteiger charge is 2.26. The molecule has 7 nitrogen and oxygen atoms in total. The van der Waals surface area contributed by atoms with Gasteiger partial charge in [-0.1, -0.05) is 81.6 Å². The van der Waals surface area contributed by atoms with Crippen LogP contribution in [0.2, 0.25) is 0 Å². The number of benzene rings is 4. The quantitative estimate of drug-likeness (QED) is 0.135.